The number of rotatable bonds is 7. The number of hydrogen-bond acceptors (Lipinski definition) is 5. The molecule has 34 heavy (non-hydrogen) atoms. The number of likely N-dealkylation sites (tertiary alicyclic amines) is 1. The molecule has 0 aliphatic carbocycles. The zero-order valence-corrected chi connectivity index (χ0v) is 20.6. The lowest BCUT2D eigenvalue weighted by Crippen LogP contribution is -2.45. The summed E-state index contributed by atoms with van der Waals surface area (Å²) in [6.45, 7) is 6.00. The molecule has 0 unspecified atom stereocenters. The fourth-order valence-corrected chi connectivity index (χ4v) is 5.44. The average Bonchev–Trinajstić information content (AvgIpc) is 3.21. The van der Waals surface area contributed by atoms with Gasteiger partial charge in [0.1, 0.15) is 15.7 Å². The number of piperidine rings is 1. The summed E-state index contributed by atoms with van der Waals surface area (Å²) in [5.74, 6) is -0.461. The molecule has 1 fully saturated rings. The maximum Gasteiger partial charge on any atom is 0.253 e. The Labute approximate surface area is 199 Å². The molecule has 0 spiro atoms. The molecule has 2 aliphatic rings. The van der Waals surface area contributed by atoms with E-state index >= 15 is 0 Å². The maximum absolute atomic E-state index is 13.5. The summed E-state index contributed by atoms with van der Waals surface area (Å²) in [6.07, 6.45) is 2.94. The number of aromatic nitrogens is 1. The van der Waals surface area contributed by atoms with E-state index in [1.165, 1.54) is 18.4 Å². The Morgan fingerprint density at radius 2 is 1.94 bits per heavy atom. The van der Waals surface area contributed by atoms with Crippen molar-refractivity contribution in [3.8, 4) is 0 Å². The number of aryl methyl sites for hydroxylation is 1. The molecule has 0 saturated carbocycles. The van der Waals surface area contributed by atoms with Gasteiger partial charge in [-0.1, -0.05) is 0 Å². The first-order valence-corrected chi connectivity index (χ1v) is 13.6. The van der Waals surface area contributed by atoms with E-state index in [1.54, 1.807) is 11.0 Å². The van der Waals surface area contributed by atoms with Crippen molar-refractivity contribution < 1.29 is 22.4 Å². The van der Waals surface area contributed by atoms with E-state index in [0.29, 0.717) is 23.4 Å². The number of nitrogens with zero attached hydrogens (tertiary/aromatic N) is 2. The summed E-state index contributed by atoms with van der Waals surface area (Å²) in [5.41, 5.74) is 4.27. The van der Waals surface area contributed by atoms with E-state index in [9.17, 15) is 22.4 Å². The molecule has 2 N–H and O–H groups in total. The number of halogens is 1. The van der Waals surface area contributed by atoms with Crippen LogP contribution in [0.1, 0.15) is 45.7 Å². The van der Waals surface area contributed by atoms with Gasteiger partial charge in [0.05, 0.1) is 24.3 Å². The van der Waals surface area contributed by atoms with Gasteiger partial charge in [-0.3, -0.25) is 9.59 Å². The Kier molecular flexibility index (Phi) is 6.82. The van der Waals surface area contributed by atoms with Crippen LogP contribution in [0.25, 0.3) is 0 Å². The Morgan fingerprint density at radius 1 is 1.24 bits per heavy atom. The highest BCUT2D eigenvalue weighted by Gasteiger charge is 2.30. The minimum atomic E-state index is -2.99. The number of benzene rings is 1. The zero-order chi connectivity index (χ0) is 24.6. The molecule has 0 bridgehead atoms. The number of aromatic amines is 1. The molecule has 2 amide bonds. The Bertz CT molecular complexity index is 1220. The molecular formula is C24H31FN4O4S. The second-order valence-corrected chi connectivity index (χ2v) is 11.6. The van der Waals surface area contributed by atoms with Crippen molar-refractivity contribution in [2.24, 2.45) is 0 Å². The van der Waals surface area contributed by atoms with Crippen LogP contribution >= 0.6 is 0 Å². The fraction of sp³-hybridized carbons (Fsp3) is 0.500. The summed E-state index contributed by atoms with van der Waals surface area (Å²) in [4.78, 5) is 32.7. The molecule has 4 rings (SSSR count). The van der Waals surface area contributed by atoms with Gasteiger partial charge in [-0.05, 0) is 56.0 Å². The van der Waals surface area contributed by atoms with Gasteiger partial charge in [-0.15, -0.1) is 0 Å². The van der Waals surface area contributed by atoms with E-state index in [4.69, 9.17) is 0 Å². The smallest absolute Gasteiger partial charge is 0.253 e. The Hall–Kier alpha value is -2.72. The van der Waals surface area contributed by atoms with Crippen LogP contribution in [0.2, 0.25) is 0 Å². The van der Waals surface area contributed by atoms with Crippen LogP contribution in [0.4, 0.5) is 10.1 Å². The number of fused-ring (bicyclic) bond motifs is 1. The topological polar surface area (TPSA) is 103 Å². The number of amides is 2. The van der Waals surface area contributed by atoms with Crippen LogP contribution < -0.4 is 10.2 Å². The van der Waals surface area contributed by atoms with Crippen LogP contribution in [0, 0.1) is 19.7 Å². The normalized spacial score (nSPS) is 17.3. The molecule has 8 nitrogen and oxygen atoms in total. The SMILES string of the molecule is Cc1[nH]c(CN2C(=O)Cc3cc(F)ccc32)c(C)c1C(=O)NC1CCN(CCS(C)(=O)=O)CC1. The molecule has 3 heterocycles. The van der Waals surface area contributed by atoms with Gasteiger partial charge in [0.2, 0.25) is 5.91 Å². The molecule has 0 radical (unpaired) electrons. The molecule has 0 atom stereocenters. The lowest BCUT2D eigenvalue weighted by atomic mass is 10.0. The van der Waals surface area contributed by atoms with Crippen LogP contribution in [-0.2, 0) is 27.6 Å². The van der Waals surface area contributed by atoms with E-state index in [-0.39, 0.29) is 42.4 Å². The fourth-order valence-electron chi connectivity index (χ4n) is 4.85. The number of anilines is 1. The van der Waals surface area contributed by atoms with Gasteiger partial charge < -0.3 is 20.1 Å². The van der Waals surface area contributed by atoms with Crippen LogP contribution in [0.15, 0.2) is 18.2 Å². The Balaban J connectivity index is 1.39. The monoisotopic (exact) mass is 490 g/mol. The predicted molar refractivity (Wildman–Crippen MR) is 128 cm³/mol. The third-order valence-electron chi connectivity index (χ3n) is 6.76. The van der Waals surface area contributed by atoms with Gasteiger partial charge in [0.25, 0.3) is 5.91 Å². The van der Waals surface area contributed by atoms with Crippen molar-refractivity contribution in [1.29, 1.82) is 0 Å². The van der Waals surface area contributed by atoms with Crippen molar-refractivity contribution in [2.75, 3.05) is 36.5 Å². The highest BCUT2D eigenvalue weighted by molar-refractivity contribution is 7.90. The van der Waals surface area contributed by atoms with Gasteiger partial charge in [-0.2, -0.15) is 0 Å². The van der Waals surface area contributed by atoms with E-state index in [0.717, 1.165) is 42.9 Å². The van der Waals surface area contributed by atoms with Crippen molar-refractivity contribution in [3.05, 3.63) is 52.1 Å². The van der Waals surface area contributed by atoms with Crippen LogP contribution in [0.5, 0.6) is 0 Å². The third-order valence-corrected chi connectivity index (χ3v) is 7.68. The molecule has 10 heteroatoms. The van der Waals surface area contributed by atoms with Crippen molar-refractivity contribution >= 4 is 27.3 Å². The predicted octanol–water partition coefficient (Wildman–Crippen LogP) is 2.10. The van der Waals surface area contributed by atoms with Gasteiger partial charge >= 0.3 is 0 Å². The first-order chi connectivity index (χ1) is 16.0. The van der Waals surface area contributed by atoms with Crippen molar-refractivity contribution in [2.45, 2.75) is 45.7 Å². The minimum absolute atomic E-state index is 0.0288. The van der Waals surface area contributed by atoms with Crippen molar-refractivity contribution in [1.82, 2.24) is 15.2 Å². The standard InChI is InChI=1S/C24H31FN4O4S/c1-15-20(14-29-21-5-4-18(25)12-17(21)13-22(29)30)26-16(2)23(15)24(31)27-19-6-8-28(9-7-19)10-11-34(3,32)33/h4-5,12,19,26H,6-11,13-14H2,1-3H3,(H,27,31). The second-order valence-electron chi connectivity index (χ2n) is 9.38. The lowest BCUT2D eigenvalue weighted by molar-refractivity contribution is -0.117. The summed E-state index contributed by atoms with van der Waals surface area (Å²) in [5, 5.41) is 3.12. The van der Waals surface area contributed by atoms with E-state index in [1.807, 2.05) is 13.8 Å². The summed E-state index contributed by atoms with van der Waals surface area (Å²) >= 11 is 0. The largest absolute Gasteiger partial charge is 0.360 e. The molecule has 2 aliphatic heterocycles. The maximum atomic E-state index is 13.5. The molecular weight excluding hydrogens is 459 g/mol. The summed E-state index contributed by atoms with van der Waals surface area (Å²) in [6, 6.07) is 4.39. The van der Waals surface area contributed by atoms with Gasteiger partial charge in [-0.25, -0.2) is 12.8 Å². The quantitative estimate of drug-likeness (QED) is 0.619. The first-order valence-electron chi connectivity index (χ1n) is 11.5. The summed E-state index contributed by atoms with van der Waals surface area (Å²) in [7, 11) is -2.99. The highest BCUT2D eigenvalue weighted by atomic mass is 32.2. The summed E-state index contributed by atoms with van der Waals surface area (Å²) < 4.78 is 36.3. The van der Waals surface area contributed by atoms with Crippen LogP contribution in [-0.4, -0.2) is 67.8 Å². The van der Waals surface area contributed by atoms with Gasteiger partial charge in [0, 0.05) is 49.0 Å². The molecule has 1 aromatic carbocycles. The van der Waals surface area contributed by atoms with E-state index < -0.39 is 9.84 Å². The third kappa shape index (κ3) is 5.33. The average molecular weight is 491 g/mol. The van der Waals surface area contributed by atoms with Gasteiger partial charge in [0.15, 0.2) is 0 Å². The molecule has 184 valence electrons. The van der Waals surface area contributed by atoms with Crippen molar-refractivity contribution in [3.63, 3.8) is 0 Å². The molecule has 1 aromatic heterocycles. The molecule has 1 saturated heterocycles. The molecule has 2 aromatic rings. The number of sulfone groups is 1. The number of carbonyl (C=O) groups excluding carboxylic acids is 2. The number of nitrogens with one attached hydrogen (secondary N) is 2. The first kappa shape index (κ1) is 24.4. The zero-order valence-electron chi connectivity index (χ0n) is 19.8. The number of carbonyl (C=O) groups is 2. The lowest BCUT2D eigenvalue weighted by Gasteiger charge is -2.32. The second kappa shape index (κ2) is 9.50. The highest BCUT2D eigenvalue weighted by Crippen LogP contribution is 2.32. The minimum Gasteiger partial charge on any atom is -0.360 e. The number of hydrogen-bond donors (Lipinski definition) is 2. The number of H-pyrrole nitrogens is 1. The van der Waals surface area contributed by atoms with E-state index in [2.05, 4.69) is 15.2 Å². The Morgan fingerprint density at radius 3 is 2.62 bits per heavy atom. The van der Waals surface area contributed by atoms with Crippen LogP contribution in [0.3, 0.4) is 0 Å².